The topological polar surface area (TPSA) is 90.6 Å². The number of nitrogens with one attached hydrogen (secondary N) is 1. The van der Waals surface area contributed by atoms with Crippen molar-refractivity contribution in [3.63, 3.8) is 0 Å². The number of benzene rings is 1. The fourth-order valence-corrected chi connectivity index (χ4v) is 2.45. The van der Waals surface area contributed by atoms with Gasteiger partial charge in [-0.1, -0.05) is 37.6 Å². The lowest BCUT2D eigenvalue weighted by Crippen LogP contribution is -2.45. The molecule has 1 aliphatic rings. The zero-order chi connectivity index (χ0) is 21.2. The van der Waals surface area contributed by atoms with Crippen LogP contribution in [0.1, 0.15) is 53.9 Å². The number of ether oxygens (including phenoxy) is 2. The van der Waals surface area contributed by atoms with Crippen LogP contribution in [0.3, 0.4) is 0 Å². The first-order valence-corrected chi connectivity index (χ1v) is 9.64. The molecule has 0 radical (unpaired) electrons. The molecule has 0 heterocycles. The largest absolute Gasteiger partial charge is 0.444 e. The molecule has 1 aliphatic carbocycles. The molecule has 1 unspecified atom stereocenters. The summed E-state index contributed by atoms with van der Waals surface area (Å²) in [6.45, 7) is 9.30. The van der Waals surface area contributed by atoms with Crippen LogP contribution in [0.4, 0.5) is 10.5 Å². The Balaban J connectivity index is 0.00000190. The normalized spacial score (nSPS) is 14.1. The van der Waals surface area contributed by atoms with Crippen molar-refractivity contribution in [1.82, 2.24) is 5.32 Å². The van der Waals surface area contributed by atoms with Crippen LogP contribution in [-0.2, 0) is 9.53 Å². The highest BCUT2D eigenvalue weighted by Crippen LogP contribution is 2.20. The van der Waals surface area contributed by atoms with E-state index in [1.165, 1.54) is 0 Å². The molecule has 1 amide bonds. The molecule has 0 saturated heterocycles. The van der Waals surface area contributed by atoms with Crippen LogP contribution in [0.15, 0.2) is 48.1 Å². The molecule has 1 aromatic rings. The first kappa shape index (κ1) is 23.3. The monoisotopic (exact) mass is 388 g/mol. The quantitative estimate of drug-likeness (QED) is 0.431. The third kappa shape index (κ3) is 8.75. The molecule has 0 aromatic heterocycles. The van der Waals surface area contributed by atoms with Crippen molar-refractivity contribution < 1.29 is 19.1 Å². The number of hydrogen-bond acceptors (Lipinski definition) is 5. The van der Waals surface area contributed by atoms with Crippen LogP contribution in [0.5, 0.6) is 5.75 Å². The molecule has 0 spiro atoms. The Kier molecular flexibility index (Phi) is 9.28. The summed E-state index contributed by atoms with van der Waals surface area (Å²) in [4.78, 5) is 24.7. The van der Waals surface area contributed by atoms with Crippen LogP contribution in [0, 0.1) is 0 Å². The lowest BCUT2D eigenvalue weighted by atomic mass is 9.98. The molecular weight excluding hydrogens is 356 g/mol. The number of allylic oxidation sites excluding steroid dienone is 3. The molecule has 0 saturated carbocycles. The van der Waals surface area contributed by atoms with E-state index in [1.54, 1.807) is 45.0 Å². The van der Waals surface area contributed by atoms with Gasteiger partial charge in [0, 0.05) is 5.69 Å². The number of anilines is 1. The van der Waals surface area contributed by atoms with E-state index in [-0.39, 0.29) is 0 Å². The zero-order valence-electron chi connectivity index (χ0n) is 17.5. The Morgan fingerprint density at radius 2 is 1.82 bits per heavy atom. The van der Waals surface area contributed by atoms with Gasteiger partial charge in [0.15, 0.2) is 0 Å². The number of nitrogen functional groups attached to an aromatic ring is 1. The fraction of sp³-hybridized carbons (Fsp3) is 0.455. The predicted molar refractivity (Wildman–Crippen MR) is 112 cm³/mol. The summed E-state index contributed by atoms with van der Waals surface area (Å²) in [5, 5.41) is 2.63. The molecule has 1 atom stereocenters. The van der Waals surface area contributed by atoms with Gasteiger partial charge in [0.1, 0.15) is 17.4 Å². The van der Waals surface area contributed by atoms with Crippen LogP contribution < -0.4 is 15.8 Å². The Morgan fingerprint density at radius 3 is 2.36 bits per heavy atom. The second-order valence-corrected chi connectivity index (χ2v) is 7.18. The second-order valence-electron chi connectivity index (χ2n) is 7.18. The van der Waals surface area contributed by atoms with Crippen LogP contribution >= 0.6 is 0 Å². The van der Waals surface area contributed by atoms with Crippen LogP contribution in [0.25, 0.3) is 0 Å². The summed E-state index contributed by atoms with van der Waals surface area (Å²) in [6, 6.07) is 5.68. The summed E-state index contributed by atoms with van der Waals surface area (Å²) < 4.78 is 10.7. The molecule has 0 fully saturated rings. The minimum atomic E-state index is -0.833. The van der Waals surface area contributed by atoms with Gasteiger partial charge >= 0.3 is 12.1 Å². The van der Waals surface area contributed by atoms with E-state index in [0.717, 1.165) is 18.4 Å². The summed E-state index contributed by atoms with van der Waals surface area (Å²) in [5.41, 5.74) is 6.64. The van der Waals surface area contributed by atoms with Gasteiger partial charge in [-0.25, -0.2) is 9.59 Å². The number of nitrogens with two attached hydrogens (primary N) is 1. The molecule has 154 valence electrons. The fourth-order valence-electron chi connectivity index (χ4n) is 2.45. The minimum absolute atomic E-state index is 0.372. The molecule has 1 aromatic carbocycles. The van der Waals surface area contributed by atoms with Crippen molar-refractivity contribution in [2.45, 2.75) is 65.5 Å². The molecular formula is C22H32N2O4. The molecule has 0 bridgehead atoms. The highest BCUT2D eigenvalue weighted by atomic mass is 16.6. The highest BCUT2D eigenvalue weighted by Gasteiger charge is 2.27. The molecule has 0 aliphatic heterocycles. The van der Waals surface area contributed by atoms with Crippen LogP contribution in [0.2, 0.25) is 0 Å². The van der Waals surface area contributed by atoms with Gasteiger partial charge in [0.25, 0.3) is 0 Å². The van der Waals surface area contributed by atoms with Gasteiger partial charge in [-0.2, -0.15) is 0 Å². The Morgan fingerprint density at radius 1 is 1.18 bits per heavy atom. The van der Waals surface area contributed by atoms with E-state index < -0.39 is 23.7 Å². The molecule has 6 heteroatoms. The van der Waals surface area contributed by atoms with E-state index in [4.69, 9.17) is 15.2 Å². The average molecular weight is 389 g/mol. The Hall–Kier alpha value is -2.76. The van der Waals surface area contributed by atoms with Crippen molar-refractivity contribution in [2.75, 3.05) is 5.73 Å². The van der Waals surface area contributed by atoms with Crippen molar-refractivity contribution in [2.24, 2.45) is 0 Å². The number of amides is 1. The van der Waals surface area contributed by atoms with Crippen molar-refractivity contribution in [3.8, 4) is 5.75 Å². The lowest BCUT2D eigenvalue weighted by molar-refractivity contribution is -0.136. The summed E-state index contributed by atoms with van der Waals surface area (Å²) in [6.07, 6.45) is 7.46. The molecule has 2 rings (SSSR count). The Bertz CT molecular complexity index is 700. The SMILES string of the molecule is CC.CC(C)(C)OC(=O)NC(CC1=CC=CCC1)C(=O)Oc1ccc(N)cc1. The molecule has 28 heavy (non-hydrogen) atoms. The highest BCUT2D eigenvalue weighted by molar-refractivity contribution is 5.83. The van der Waals surface area contributed by atoms with Gasteiger partial charge in [-0.15, -0.1) is 0 Å². The number of esters is 1. The third-order valence-electron chi connectivity index (χ3n) is 3.64. The van der Waals surface area contributed by atoms with Gasteiger partial charge < -0.3 is 20.5 Å². The van der Waals surface area contributed by atoms with Gasteiger partial charge in [-0.05, 0) is 64.3 Å². The van der Waals surface area contributed by atoms with E-state index in [9.17, 15) is 9.59 Å². The maximum absolute atomic E-state index is 12.6. The minimum Gasteiger partial charge on any atom is -0.444 e. The molecule has 3 N–H and O–H groups in total. The van der Waals surface area contributed by atoms with Crippen LogP contribution in [-0.4, -0.2) is 23.7 Å². The van der Waals surface area contributed by atoms with Crippen molar-refractivity contribution in [3.05, 3.63) is 48.1 Å². The van der Waals surface area contributed by atoms with E-state index in [0.29, 0.717) is 17.9 Å². The van der Waals surface area contributed by atoms with E-state index in [1.807, 2.05) is 26.0 Å². The maximum atomic E-state index is 12.6. The number of carbonyl (C=O) groups excluding carboxylic acids is 2. The first-order chi connectivity index (χ1) is 13.2. The maximum Gasteiger partial charge on any atom is 0.408 e. The number of rotatable bonds is 5. The summed E-state index contributed by atoms with van der Waals surface area (Å²) in [5.74, 6) is -0.172. The average Bonchev–Trinajstić information content (AvgIpc) is 2.64. The van der Waals surface area contributed by atoms with E-state index >= 15 is 0 Å². The first-order valence-electron chi connectivity index (χ1n) is 9.64. The number of hydrogen-bond donors (Lipinski definition) is 2. The predicted octanol–water partition coefficient (Wildman–Crippen LogP) is 4.76. The summed E-state index contributed by atoms with van der Waals surface area (Å²) in [7, 11) is 0. The second kappa shape index (κ2) is 11.2. The standard InChI is InChI=1S/C20H26N2O4.C2H6/c1-20(2,3)26-19(24)22-17(13-14-7-5-4-6-8-14)18(23)25-16-11-9-15(21)10-12-16;1-2/h4-5,7,9-12,17H,6,8,13,21H2,1-3H3,(H,22,24);1-2H3. The van der Waals surface area contributed by atoms with Gasteiger partial charge in [0.2, 0.25) is 0 Å². The van der Waals surface area contributed by atoms with Crippen molar-refractivity contribution >= 4 is 17.7 Å². The lowest BCUT2D eigenvalue weighted by Gasteiger charge is -2.23. The van der Waals surface area contributed by atoms with Crippen molar-refractivity contribution in [1.29, 1.82) is 0 Å². The third-order valence-corrected chi connectivity index (χ3v) is 3.64. The number of alkyl carbamates (subject to hydrolysis) is 1. The van der Waals surface area contributed by atoms with E-state index in [2.05, 4.69) is 11.4 Å². The Labute approximate surface area is 167 Å². The smallest absolute Gasteiger partial charge is 0.408 e. The molecule has 6 nitrogen and oxygen atoms in total. The van der Waals surface area contributed by atoms with Gasteiger partial charge in [0.05, 0.1) is 0 Å². The number of carbonyl (C=O) groups is 2. The zero-order valence-corrected chi connectivity index (χ0v) is 17.5. The van der Waals surface area contributed by atoms with Gasteiger partial charge in [-0.3, -0.25) is 0 Å². The summed E-state index contributed by atoms with van der Waals surface area (Å²) >= 11 is 0.